The molecule has 2 aliphatic rings. The van der Waals surface area contributed by atoms with Crippen LogP contribution in [0, 0.1) is 11.8 Å². The summed E-state index contributed by atoms with van der Waals surface area (Å²) in [5.74, 6) is 0.349. The lowest BCUT2D eigenvalue weighted by molar-refractivity contribution is -0.274. The zero-order chi connectivity index (χ0) is 13.3. The van der Waals surface area contributed by atoms with Gasteiger partial charge in [-0.3, -0.25) is 0 Å². The monoisotopic (exact) mass is 263 g/mol. The molecule has 0 saturated carbocycles. The molecule has 2 heterocycles. The maximum absolute atomic E-state index is 9.83. The van der Waals surface area contributed by atoms with Crippen LogP contribution in [-0.4, -0.2) is 50.2 Å². The molecule has 3 rings (SSSR count). The number of likely N-dealkylation sites (tertiary alicyclic amines) is 1. The zero-order valence-electron chi connectivity index (χ0n) is 11.3. The van der Waals surface area contributed by atoms with Crippen molar-refractivity contribution < 1.29 is 14.6 Å². The Hall–Kier alpha value is -0.940. The van der Waals surface area contributed by atoms with E-state index < -0.39 is 5.60 Å². The van der Waals surface area contributed by atoms with Crippen LogP contribution in [0.2, 0.25) is 0 Å². The van der Waals surface area contributed by atoms with E-state index in [9.17, 15) is 5.11 Å². The van der Waals surface area contributed by atoms with Gasteiger partial charge in [-0.15, -0.1) is 0 Å². The maximum atomic E-state index is 9.83. The summed E-state index contributed by atoms with van der Waals surface area (Å²) in [4.78, 5) is 2.25. The van der Waals surface area contributed by atoms with Gasteiger partial charge in [-0.1, -0.05) is 30.3 Å². The molecule has 2 saturated heterocycles. The van der Waals surface area contributed by atoms with Crippen LogP contribution < -0.4 is 0 Å². The summed E-state index contributed by atoms with van der Waals surface area (Å²) in [6.07, 6.45) is 0. The highest BCUT2D eigenvalue weighted by Gasteiger charge is 2.53. The molecule has 0 aromatic heterocycles. The van der Waals surface area contributed by atoms with Gasteiger partial charge in [0.15, 0.2) is 0 Å². The number of aliphatic hydroxyl groups is 1. The van der Waals surface area contributed by atoms with Crippen molar-refractivity contribution >= 4 is 0 Å². The molecule has 1 unspecified atom stereocenters. The van der Waals surface area contributed by atoms with Crippen molar-refractivity contribution in [2.45, 2.75) is 5.60 Å². The normalized spacial score (nSPS) is 35.9. The molecule has 0 spiro atoms. The molecule has 4 nitrogen and oxygen atoms in total. The van der Waals surface area contributed by atoms with Gasteiger partial charge < -0.3 is 19.5 Å². The third-order valence-corrected chi connectivity index (χ3v) is 4.42. The summed E-state index contributed by atoms with van der Waals surface area (Å²) in [5, 5.41) is 9.83. The Labute approximate surface area is 113 Å². The Morgan fingerprint density at radius 3 is 2.84 bits per heavy atom. The molecule has 1 aromatic carbocycles. The smallest absolute Gasteiger partial charge is 0.147 e. The number of piperidine rings is 1. The first-order chi connectivity index (χ1) is 9.27. The minimum absolute atomic E-state index is 0.0857. The van der Waals surface area contributed by atoms with Crippen LogP contribution in [0.1, 0.15) is 5.56 Å². The average Bonchev–Trinajstić information content (AvgIpc) is 2.47. The van der Waals surface area contributed by atoms with Crippen LogP contribution in [0.3, 0.4) is 0 Å². The standard InChI is InChI=1S/C15H21NO3/c1-16-7-13(9-17)15(12-5-3-2-4-6-12)14(8-16)10-18-11-19-15/h2-6,13-14,17H,7-11H2,1H3/t13?,14-,15-/m1/s1. The van der Waals surface area contributed by atoms with Crippen LogP contribution in [0.4, 0.5) is 0 Å². The molecule has 2 fully saturated rings. The highest BCUT2D eigenvalue weighted by molar-refractivity contribution is 5.27. The summed E-state index contributed by atoms with van der Waals surface area (Å²) < 4.78 is 11.6. The molecule has 104 valence electrons. The molecule has 1 aromatic rings. The Bertz CT molecular complexity index is 415. The number of benzene rings is 1. The minimum Gasteiger partial charge on any atom is -0.396 e. The molecule has 0 aliphatic carbocycles. The fourth-order valence-electron chi connectivity index (χ4n) is 3.62. The quantitative estimate of drug-likeness (QED) is 0.866. The number of fused-ring (bicyclic) bond motifs is 1. The molecule has 1 N–H and O–H groups in total. The lowest BCUT2D eigenvalue weighted by Crippen LogP contribution is -2.61. The first-order valence-corrected chi connectivity index (χ1v) is 6.84. The maximum Gasteiger partial charge on any atom is 0.147 e. The van der Waals surface area contributed by atoms with E-state index in [0.29, 0.717) is 13.4 Å². The van der Waals surface area contributed by atoms with Crippen molar-refractivity contribution in [2.75, 3.05) is 40.1 Å². The summed E-state index contributed by atoms with van der Waals surface area (Å²) in [5.41, 5.74) is 0.760. The van der Waals surface area contributed by atoms with E-state index in [1.165, 1.54) is 0 Å². The molecule has 3 atom stereocenters. The van der Waals surface area contributed by atoms with Gasteiger partial charge in [-0.05, 0) is 12.6 Å². The fourth-order valence-corrected chi connectivity index (χ4v) is 3.62. The van der Waals surface area contributed by atoms with E-state index in [1.54, 1.807) is 0 Å². The van der Waals surface area contributed by atoms with E-state index in [-0.39, 0.29) is 18.4 Å². The zero-order valence-corrected chi connectivity index (χ0v) is 11.3. The van der Waals surface area contributed by atoms with Crippen LogP contribution in [0.25, 0.3) is 0 Å². The second kappa shape index (κ2) is 5.21. The highest BCUT2D eigenvalue weighted by atomic mass is 16.7. The largest absolute Gasteiger partial charge is 0.396 e. The highest BCUT2D eigenvalue weighted by Crippen LogP contribution is 2.46. The summed E-state index contributed by atoms with van der Waals surface area (Å²) in [6, 6.07) is 10.3. The average molecular weight is 263 g/mol. The summed E-state index contributed by atoms with van der Waals surface area (Å²) >= 11 is 0. The Morgan fingerprint density at radius 2 is 2.11 bits per heavy atom. The van der Waals surface area contributed by atoms with Gasteiger partial charge in [0.1, 0.15) is 12.4 Å². The van der Waals surface area contributed by atoms with E-state index in [4.69, 9.17) is 9.47 Å². The van der Waals surface area contributed by atoms with Gasteiger partial charge in [-0.2, -0.15) is 0 Å². The summed E-state index contributed by atoms with van der Waals surface area (Å²) in [7, 11) is 2.09. The van der Waals surface area contributed by atoms with Gasteiger partial charge in [0.2, 0.25) is 0 Å². The van der Waals surface area contributed by atoms with Gasteiger partial charge in [0, 0.05) is 24.9 Å². The third-order valence-electron chi connectivity index (χ3n) is 4.42. The molecule has 0 amide bonds. The predicted molar refractivity (Wildman–Crippen MR) is 71.6 cm³/mol. The molecule has 19 heavy (non-hydrogen) atoms. The number of ether oxygens (including phenoxy) is 2. The van der Waals surface area contributed by atoms with Crippen LogP contribution in [-0.2, 0) is 15.1 Å². The number of nitrogens with zero attached hydrogens (tertiary/aromatic N) is 1. The SMILES string of the molecule is CN1CC(CO)[C@@]2(c3ccccc3)OCOC[C@H]2C1. The Morgan fingerprint density at radius 1 is 1.32 bits per heavy atom. The van der Waals surface area contributed by atoms with Crippen molar-refractivity contribution in [2.24, 2.45) is 11.8 Å². The fraction of sp³-hybridized carbons (Fsp3) is 0.600. The number of hydrogen-bond acceptors (Lipinski definition) is 4. The Kier molecular flexibility index (Phi) is 3.58. The lowest BCUT2D eigenvalue weighted by Gasteiger charge is -2.53. The second-order valence-electron chi connectivity index (χ2n) is 5.59. The van der Waals surface area contributed by atoms with Crippen molar-refractivity contribution in [1.82, 2.24) is 4.90 Å². The molecular formula is C15H21NO3. The van der Waals surface area contributed by atoms with E-state index >= 15 is 0 Å². The van der Waals surface area contributed by atoms with Crippen molar-refractivity contribution in [3.8, 4) is 0 Å². The predicted octanol–water partition coefficient (Wildman–Crippen LogP) is 1.06. The summed E-state index contributed by atoms with van der Waals surface area (Å²) in [6.45, 7) is 2.92. The Balaban J connectivity index is 2.05. The van der Waals surface area contributed by atoms with Gasteiger partial charge in [0.05, 0.1) is 13.2 Å². The second-order valence-corrected chi connectivity index (χ2v) is 5.59. The van der Waals surface area contributed by atoms with Crippen LogP contribution in [0.5, 0.6) is 0 Å². The van der Waals surface area contributed by atoms with Gasteiger partial charge in [-0.25, -0.2) is 0 Å². The number of rotatable bonds is 2. The third kappa shape index (κ3) is 2.09. The van der Waals surface area contributed by atoms with E-state index in [1.807, 2.05) is 18.2 Å². The molecule has 0 bridgehead atoms. The molecule has 4 heteroatoms. The van der Waals surface area contributed by atoms with Gasteiger partial charge in [0.25, 0.3) is 0 Å². The molecular weight excluding hydrogens is 242 g/mol. The topological polar surface area (TPSA) is 41.9 Å². The van der Waals surface area contributed by atoms with Crippen LogP contribution in [0.15, 0.2) is 30.3 Å². The van der Waals surface area contributed by atoms with Crippen molar-refractivity contribution in [3.05, 3.63) is 35.9 Å². The van der Waals surface area contributed by atoms with Crippen molar-refractivity contribution in [1.29, 1.82) is 0 Å². The first kappa shape index (κ1) is 13.1. The lowest BCUT2D eigenvalue weighted by atomic mass is 9.69. The number of hydrogen-bond donors (Lipinski definition) is 1. The molecule has 2 aliphatic heterocycles. The number of aliphatic hydroxyl groups excluding tert-OH is 1. The van der Waals surface area contributed by atoms with Crippen LogP contribution >= 0.6 is 0 Å². The molecule has 0 radical (unpaired) electrons. The minimum atomic E-state index is -0.402. The van der Waals surface area contributed by atoms with E-state index in [0.717, 1.165) is 18.7 Å². The first-order valence-electron chi connectivity index (χ1n) is 6.84. The van der Waals surface area contributed by atoms with Gasteiger partial charge >= 0.3 is 0 Å². The van der Waals surface area contributed by atoms with E-state index in [2.05, 4.69) is 24.1 Å². The van der Waals surface area contributed by atoms with Crippen molar-refractivity contribution in [3.63, 3.8) is 0 Å².